The van der Waals surface area contributed by atoms with Crippen molar-refractivity contribution in [2.45, 2.75) is 0 Å². The first-order chi connectivity index (χ1) is 8.15. The van der Waals surface area contributed by atoms with E-state index in [9.17, 15) is 4.79 Å². The summed E-state index contributed by atoms with van der Waals surface area (Å²) in [6, 6.07) is 14.5. The zero-order valence-electron chi connectivity index (χ0n) is 8.78. The van der Waals surface area contributed by atoms with Crippen LogP contribution in [-0.2, 0) is 0 Å². The summed E-state index contributed by atoms with van der Waals surface area (Å²) in [4.78, 5) is 11.9. The van der Waals surface area contributed by atoms with Crippen LogP contribution in [0.15, 0.2) is 48.5 Å². The Morgan fingerprint density at radius 1 is 1.12 bits per heavy atom. The van der Waals surface area contributed by atoms with Crippen LogP contribution in [0.3, 0.4) is 0 Å². The molecular formula is C13H9ClINO. The van der Waals surface area contributed by atoms with E-state index in [0.717, 1.165) is 9.26 Å². The molecular weight excluding hydrogens is 349 g/mol. The Morgan fingerprint density at radius 3 is 2.47 bits per heavy atom. The molecule has 0 saturated carbocycles. The van der Waals surface area contributed by atoms with Crippen LogP contribution in [-0.4, -0.2) is 5.91 Å². The molecule has 0 aliphatic rings. The molecule has 0 bridgehead atoms. The first-order valence-corrected chi connectivity index (χ1v) is 6.43. The normalized spacial score (nSPS) is 10.0. The molecule has 2 rings (SSSR count). The molecule has 0 fully saturated rings. The topological polar surface area (TPSA) is 29.1 Å². The summed E-state index contributed by atoms with van der Waals surface area (Å²) in [5.74, 6) is -0.120. The van der Waals surface area contributed by atoms with Crippen LogP contribution < -0.4 is 5.32 Å². The second-order valence-corrected chi connectivity index (χ2v) is 5.15. The first kappa shape index (κ1) is 12.4. The molecule has 0 heterocycles. The lowest BCUT2D eigenvalue weighted by Crippen LogP contribution is -2.11. The fraction of sp³-hybridized carbons (Fsp3) is 0. The van der Waals surface area contributed by atoms with Gasteiger partial charge in [-0.25, -0.2) is 0 Å². The number of carbonyl (C=O) groups excluding carboxylic acids is 1. The van der Waals surface area contributed by atoms with Crippen LogP contribution in [0.2, 0.25) is 5.02 Å². The van der Waals surface area contributed by atoms with Gasteiger partial charge in [0.2, 0.25) is 0 Å². The van der Waals surface area contributed by atoms with E-state index in [4.69, 9.17) is 11.6 Å². The molecule has 0 unspecified atom stereocenters. The molecule has 0 radical (unpaired) electrons. The Kier molecular flexibility index (Phi) is 4.02. The molecule has 0 atom stereocenters. The van der Waals surface area contributed by atoms with Gasteiger partial charge in [-0.05, 0) is 65.1 Å². The SMILES string of the molecule is O=C(Nc1ccc(Cl)cc1)c1cccc(I)c1. The lowest BCUT2D eigenvalue weighted by Gasteiger charge is -2.05. The number of nitrogens with one attached hydrogen (secondary N) is 1. The maximum Gasteiger partial charge on any atom is 0.255 e. The maximum atomic E-state index is 11.9. The van der Waals surface area contributed by atoms with Crippen LogP contribution in [0.25, 0.3) is 0 Å². The van der Waals surface area contributed by atoms with E-state index in [0.29, 0.717) is 10.6 Å². The molecule has 0 aliphatic carbocycles. The van der Waals surface area contributed by atoms with Gasteiger partial charge >= 0.3 is 0 Å². The highest BCUT2D eigenvalue weighted by Gasteiger charge is 2.05. The fourth-order valence-electron chi connectivity index (χ4n) is 1.37. The Morgan fingerprint density at radius 2 is 1.82 bits per heavy atom. The van der Waals surface area contributed by atoms with Crippen LogP contribution in [0.5, 0.6) is 0 Å². The maximum absolute atomic E-state index is 11.9. The number of hydrogen-bond acceptors (Lipinski definition) is 1. The van der Waals surface area contributed by atoms with Crippen LogP contribution in [0, 0.1) is 3.57 Å². The summed E-state index contributed by atoms with van der Waals surface area (Å²) in [7, 11) is 0. The van der Waals surface area contributed by atoms with Crippen molar-refractivity contribution in [2.24, 2.45) is 0 Å². The van der Waals surface area contributed by atoms with Gasteiger partial charge in [-0.2, -0.15) is 0 Å². The summed E-state index contributed by atoms with van der Waals surface area (Å²) in [6.07, 6.45) is 0. The predicted molar refractivity (Wildman–Crippen MR) is 78.6 cm³/mol. The van der Waals surface area contributed by atoms with Crippen molar-refractivity contribution in [3.05, 3.63) is 62.7 Å². The minimum Gasteiger partial charge on any atom is -0.322 e. The second kappa shape index (κ2) is 5.51. The third-order valence-corrected chi connectivity index (χ3v) is 3.11. The van der Waals surface area contributed by atoms with Crippen molar-refractivity contribution in [1.82, 2.24) is 0 Å². The average Bonchev–Trinajstić information content (AvgIpc) is 2.32. The van der Waals surface area contributed by atoms with Crippen molar-refractivity contribution < 1.29 is 4.79 Å². The Hall–Kier alpha value is -1.07. The van der Waals surface area contributed by atoms with Crippen LogP contribution in [0.1, 0.15) is 10.4 Å². The van der Waals surface area contributed by atoms with E-state index >= 15 is 0 Å². The molecule has 2 aromatic carbocycles. The number of amides is 1. The molecule has 4 heteroatoms. The van der Waals surface area contributed by atoms with E-state index in [2.05, 4.69) is 27.9 Å². The third-order valence-electron chi connectivity index (χ3n) is 2.19. The molecule has 0 aliphatic heterocycles. The standard InChI is InChI=1S/C13H9ClINO/c14-10-4-6-12(7-5-10)16-13(17)9-2-1-3-11(15)8-9/h1-8H,(H,16,17). The van der Waals surface area contributed by atoms with Crippen molar-refractivity contribution >= 4 is 45.8 Å². The smallest absolute Gasteiger partial charge is 0.255 e. The first-order valence-electron chi connectivity index (χ1n) is 4.97. The Labute approximate surface area is 118 Å². The predicted octanol–water partition coefficient (Wildman–Crippen LogP) is 4.20. The molecule has 1 amide bonds. The van der Waals surface area contributed by atoms with Gasteiger partial charge < -0.3 is 5.32 Å². The second-order valence-electron chi connectivity index (χ2n) is 3.47. The minimum absolute atomic E-state index is 0.120. The van der Waals surface area contributed by atoms with Gasteiger partial charge in [0.1, 0.15) is 0 Å². The van der Waals surface area contributed by atoms with Crippen LogP contribution in [0.4, 0.5) is 5.69 Å². The van der Waals surface area contributed by atoms with E-state index in [1.807, 2.05) is 18.2 Å². The highest BCUT2D eigenvalue weighted by Crippen LogP contribution is 2.15. The number of anilines is 1. The number of rotatable bonds is 2. The van der Waals surface area contributed by atoms with Crippen molar-refractivity contribution in [1.29, 1.82) is 0 Å². The minimum atomic E-state index is -0.120. The van der Waals surface area contributed by atoms with Crippen molar-refractivity contribution in [3.63, 3.8) is 0 Å². The van der Waals surface area contributed by atoms with Gasteiger partial charge in [-0.1, -0.05) is 17.7 Å². The lowest BCUT2D eigenvalue weighted by molar-refractivity contribution is 0.102. The fourth-order valence-corrected chi connectivity index (χ4v) is 2.04. The lowest BCUT2D eigenvalue weighted by atomic mass is 10.2. The number of hydrogen-bond donors (Lipinski definition) is 1. The Bertz CT molecular complexity index is 539. The largest absolute Gasteiger partial charge is 0.322 e. The highest BCUT2D eigenvalue weighted by molar-refractivity contribution is 14.1. The van der Waals surface area contributed by atoms with E-state index in [1.165, 1.54) is 0 Å². The van der Waals surface area contributed by atoms with E-state index in [1.54, 1.807) is 30.3 Å². The van der Waals surface area contributed by atoms with Crippen LogP contribution >= 0.6 is 34.2 Å². The quantitative estimate of drug-likeness (QED) is 0.802. The third kappa shape index (κ3) is 3.44. The number of carbonyl (C=O) groups is 1. The molecule has 17 heavy (non-hydrogen) atoms. The van der Waals surface area contributed by atoms with Gasteiger partial charge in [0.25, 0.3) is 5.91 Å². The summed E-state index contributed by atoms with van der Waals surface area (Å²) in [5.41, 5.74) is 1.38. The molecule has 1 N–H and O–H groups in total. The molecule has 2 aromatic rings. The Balaban J connectivity index is 2.14. The zero-order chi connectivity index (χ0) is 12.3. The number of halogens is 2. The van der Waals surface area contributed by atoms with Gasteiger partial charge in [0.15, 0.2) is 0 Å². The van der Waals surface area contributed by atoms with Gasteiger partial charge in [-0.3, -0.25) is 4.79 Å². The molecule has 0 spiro atoms. The van der Waals surface area contributed by atoms with Gasteiger partial charge in [0, 0.05) is 19.8 Å². The molecule has 0 aromatic heterocycles. The van der Waals surface area contributed by atoms with Gasteiger partial charge in [0.05, 0.1) is 0 Å². The van der Waals surface area contributed by atoms with E-state index in [-0.39, 0.29) is 5.91 Å². The van der Waals surface area contributed by atoms with Crippen molar-refractivity contribution in [3.8, 4) is 0 Å². The monoisotopic (exact) mass is 357 g/mol. The molecule has 0 saturated heterocycles. The molecule has 86 valence electrons. The van der Waals surface area contributed by atoms with Gasteiger partial charge in [-0.15, -0.1) is 0 Å². The van der Waals surface area contributed by atoms with E-state index < -0.39 is 0 Å². The number of benzene rings is 2. The van der Waals surface area contributed by atoms with Crippen molar-refractivity contribution in [2.75, 3.05) is 5.32 Å². The average molecular weight is 358 g/mol. The summed E-state index contributed by atoms with van der Waals surface area (Å²) in [6.45, 7) is 0. The summed E-state index contributed by atoms with van der Waals surface area (Å²) >= 11 is 7.95. The summed E-state index contributed by atoms with van der Waals surface area (Å²) in [5, 5.41) is 3.46. The summed E-state index contributed by atoms with van der Waals surface area (Å²) < 4.78 is 1.03. The zero-order valence-corrected chi connectivity index (χ0v) is 11.7. The molecule has 2 nitrogen and oxygen atoms in total. The highest BCUT2D eigenvalue weighted by atomic mass is 127.